The first-order chi connectivity index (χ1) is 15.0. The first-order valence-corrected chi connectivity index (χ1v) is 10.8. The van der Waals surface area contributed by atoms with E-state index in [1.165, 1.54) is 0 Å². The topological polar surface area (TPSA) is 73.9 Å². The molecule has 3 rings (SSSR count). The van der Waals surface area contributed by atoms with Crippen molar-refractivity contribution in [1.82, 2.24) is 10.2 Å². The summed E-state index contributed by atoms with van der Waals surface area (Å²) in [4.78, 5) is 28.5. The minimum atomic E-state index is -0.0846. The summed E-state index contributed by atoms with van der Waals surface area (Å²) in [6.45, 7) is 4.81. The molecular formula is C23H28N4O3S. The smallest absolute Gasteiger partial charge is 0.253 e. The lowest BCUT2D eigenvalue weighted by molar-refractivity contribution is -0.119. The second-order valence-corrected chi connectivity index (χ2v) is 7.72. The summed E-state index contributed by atoms with van der Waals surface area (Å²) in [7, 11) is 1.61. The van der Waals surface area contributed by atoms with Crippen LogP contribution in [0.5, 0.6) is 5.75 Å². The Morgan fingerprint density at radius 1 is 1.00 bits per heavy atom. The maximum atomic E-state index is 12.7. The zero-order valence-corrected chi connectivity index (χ0v) is 18.7. The second kappa shape index (κ2) is 10.8. The quantitative estimate of drug-likeness (QED) is 0.672. The van der Waals surface area contributed by atoms with Gasteiger partial charge in [-0.2, -0.15) is 0 Å². The molecule has 1 fully saturated rings. The average Bonchev–Trinajstić information content (AvgIpc) is 2.79. The molecule has 0 spiro atoms. The molecule has 0 radical (unpaired) electrons. The maximum absolute atomic E-state index is 12.7. The van der Waals surface area contributed by atoms with E-state index in [-0.39, 0.29) is 11.8 Å². The molecule has 1 aliphatic rings. The number of rotatable bonds is 6. The first kappa shape index (κ1) is 22.6. The van der Waals surface area contributed by atoms with Crippen molar-refractivity contribution in [2.45, 2.75) is 19.8 Å². The molecule has 8 heteroatoms. The molecule has 1 aliphatic heterocycles. The average molecular weight is 441 g/mol. The molecular weight excluding hydrogens is 412 g/mol. The highest BCUT2D eigenvalue weighted by molar-refractivity contribution is 7.80. The zero-order chi connectivity index (χ0) is 22.2. The van der Waals surface area contributed by atoms with Gasteiger partial charge in [-0.1, -0.05) is 6.92 Å². The van der Waals surface area contributed by atoms with Crippen molar-refractivity contribution in [3.8, 4) is 5.75 Å². The van der Waals surface area contributed by atoms with Gasteiger partial charge in [0.2, 0.25) is 5.91 Å². The number of hydrogen-bond donors (Lipinski definition) is 2. The van der Waals surface area contributed by atoms with Gasteiger partial charge in [0.1, 0.15) is 5.75 Å². The third-order valence-electron chi connectivity index (χ3n) is 5.12. The van der Waals surface area contributed by atoms with Crippen LogP contribution in [0.4, 0.5) is 11.4 Å². The number of nitrogens with one attached hydrogen (secondary N) is 2. The number of hydrogen-bond acceptors (Lipinski definition) is 5. The van der Waals surface area contributed by atoms with Crippen molar-refractivity contribution in [1.29, 1.82) is 0 Å². The summed E-state index contributed by atoms with van der Waals surface area (Å²) in [6, 6.07) is 15.1. The Morgan fingerprint density at radius 2 is 1.65 bits per heavy atom. The van der Waals surface area contributed by atoms with Crippen LogP contribution in [0.25, 0.3) is 0 Å². The van der Waals surface area contributed by atoms with Gasteiger partial charge in [-0.3, -0.25) is 9.59 Å². The van der Waals surface area contributed by atoms with Gasteiger partial charge in [-0.05, 0) is 67.2 Å². The van der Waals surface area contributed by atoms with Crippen LogP contribution in [0.2, 0.25) is 0 Å². The summed E-state index contributed by atoms with van der Waals surface area (Å²) in [6.07, 6.45) is 1.23. The second-order valence-electron chi connectivity index (χ2n) is 7.31. The van der Waals surface area contributed by atoms with Gasteiger partial charge in [0.25, 0.3) is 5.91 Å². The summed E-state index contributed by atoms with van der Waals surface area (Å²) in [5.74, 6) is 0.697. The van der Waals surface area contributed by atoms with E-state index in [4.69, 9.17) is 17.0 Å². The first-order valence-electron chi connectivity index (χ1n) is 10.4. The third-order valence-corrected chi connectivity index (χ3v) is 5.33. The van der Waals surface area contributed by atoms with Crippen LogP contribution >= 0.6 is 12.2 Å². The Kier molecular flexibility index (Phi) is 7.83. The molecule has 2 amide bonds. The third kappa shape index (κ3) is 6.18. The van der Waals surface area contributed by atoms with E-state index in [9.17, 15) is 9.59 Å². The van der Waals surface area contributed by atoms with Crippen LogP contribution in [0.15, 0.2) is 48.5 Å². The molecule has 2 N–H and O–H groups in total. The number of methoxy groups -OCH3 is 1. The highest BCUT2D eigenvalue weighted by atomic mass is 32.1. The zero-order valence-electron chi connectivity index (χ0n) is 17.9. The number of carbonyl (C=O) groups excluding carboxylic acids is 2. The number of nitrogens with zero attached hydrogens (tertiary/aromatic N) is 2. The highest BCUT2D eigenvalue weighted by Crippen LogP contribution is 2.21. The Balaban J connectivity index is 1.50. The Bertz CT molecular complexity index is 907. The lowest BCUT2D eigenvalue weighted by atomic mass is 10.1. The molecule has 0 aliphatic carbocycles. The van der Waals surface area contributed by atoms with E-state index < -0.39 is 0 Å². The monoisotopic (exact) mass is 440 g/mol. The Hall–Kier alpha value is -3.13. The van der Waals surface area contributed by atoms with E-state index in [0.717, 1.165) is 36.6 Å². The fraction of sp³-hybridized carbons (Fsp3) is 0.348. The Morgan fingerprint density at radius 3 is 2.23 bits per heavy atom. The minimum Gasteiger partial charge on any atom is -0.497 e. The fourth-order valence-electron chi connectivity index (χ4n) is 3.42. The van der Waals surface area contributed by atoms with Gasteiger partial charge in [-0.15, -0.1) is 0 Å². The largest absolute Gasteiger partial charge is 0.497 e. The normalized spacial score (nSPS) is 13.5. The summed E-state index contributed by atoms with van der Waals surface area (Å²) >= 11 is 5.18. The van der Waals surface area contributed by atoms with Crippen LogP contribution in [0, 0.1) is 0 Å². The van der Waals surface area contributed by atoms with Crippen molar-refractivity contribution in [2.24, 2.45) is 0 Å². The lowest BCUT2D eigenvalue weighted by Crippen LogP contribution is -2.48. The van der Waals surface area contributed by atoms with Gasteiger partial charge in [0.05, 0.1) is 7.11 Å². The molecule has 0 aromatic heterocycles. The van der Waals surface area contributed by atoms with Crippen molar-refractivity contribution in [2.75, 3.05) is 43.5 Å². The molecule has 31 heavy (non-hydrogen) atoms. The number of amides is 2. The van der Waals surface area contributed by atoms with Crippen LogP contribution in [-0.4, -0.2) is 55.1 Å². The van der Waals surface area contributed by atoms with E-state index in [1.807, 2.05) is 36.1 Å². The predicted molar refractivity (Wildman–Crippen MR) is 127 cm³/mol. The van der Waals surface area contributed by atoms with Gasteiger partial charge in [-0.25, -0.2) is 0 Å². The van der Waals surface area contributed by atoms with E-state index >= 15 is 0 Å². The van der Waals surface area contributed by atoms with E-state index in [0.29, 0.717) is 30.2 Å². The summed E-state index contributed by atoms with van der Waals surface area (Å²) in [5, 5.41) is 6.00. The van der Waals surface area contributed by atoms with Gasteiger partial charge < -0.3 is 25.2 Å². The molecule has 2 aromatic rings. The van der Waals surface area contributed by atoms with Crippen molar-refractivity contribution < 1.29 is 14.3 Å². The maximum Gasteiger partial charge on any atom is 0.253 e. The molecule has 1 heterocycles. The Labute approximate surface area is 188 Å². The molecule has 0 saturated carbocycles. The molecule has 2 aromatic carbocycles. The molecule has 1 saturated heterocycles. The molecule has 0 unspecified atom stereocenters. The molecule has 0 bridgehead atoms. The van der Waals surface area contributed by atoms with Crippen LogP contribution in [-0.2, 0) is 4.79 Å². The van der Waals surface area contributed by atoms with E-state index in [1.54, 1.807) is 31.4 Å². The molecule has 0 atom stereocenters. The molecule has 7 nitrogen and oxygen atoms in total. The van der Waals surface area contributed by atoms with Gasteiger partial charge in [0, 0.05) is 49.5 Å². The highest BCUT2D eigenvalue weighted by Gasteiger charge is 2.22. The number of ether oxygens (including phenoxy) is 1. The predicted octanol–water partition coefficient (Wildman–Crippen LogP) is 3.27. The van der Waals surface area contributed by atoms with Crippen LogP contribution in [0.1, 0.15) is 30.1 Å². The number of anilines is 2. The summed E-state index contributed by atoms with van der Waals surface area (Å²) < 4.78 is 5.15. The van der Waals surface area contributed by atoms with Crippen molar-refractivity contribution >= 4 is 40.5 Å². The summed E-state index contributed by atoms with van der Waals surface area (Å²) in [5.41, 5.74) is 2.58. The number of thiocarbonyl (C=S) groups is 1. The van der Waals surface area contributed by atoms with Gasteiger partial charge >= 0.3 is 0 Å². The van der Waals surface area contributed by atoms with Crippen molar-refractivity contribution in [3.05, 3.63) is 54.1 Å². The fourth-order valence-corrected chi connectivity index (χ4v) is 3.65. The number of carbonyl (C=O) groups is 2. The van der Waals surface area contributed by atoms with Crippen LogP contribution in [0.3, 0.4) is 0 Å². The molecule has 164 valence electrons. The van der Waals surface area contributed by atoms with Crippen molar-refractivity contribution in [3.63, 3.8) is 0 Å². The van der Waals surface area contributed by atoms with Crippen LogP contribution < -0.4 is 20.3 Å². The minimum absolute atomic E-state index is 0.0421. The van der Waals surface area contributed by atoms with E-state index in [2.05, 4.69) is 15.5 Å². The SMILES string of the molecule is CCCC(=O)NC(=S)Nc1ccc(N2CCN(C(=O)c3ccc(OC)cc3)CC2)cc1. The lowest BCUT2D eigenvalue weighted by Gasteiger charge is -2.36. The van der Waals surface area contributed by atoms with Gasteiger partial charge in [0.15, 0.2) is 5.11 Å². The standard InChI is InChI=1S/C23H28N4O3S/c1-3-4-21(28)25-23(31)24-18-7-9-19(10-8-18)26-13-15-27(16-14-26)22(29)17-5-11-20(30-2)12-6-17/h5-12H,3-4,13-16H2,1-2H3,(H2,24,25,28,31). The number of piperazine rings is 1. The number of benzene rings is 2.